The normalized spacial score (nSPS) is 27.4. The Morgan fingerprint density at radius 2 is 2.22 bits per heavy atom. The summed E-state index contributed by atoms with van der Waals surface area (Å²) in [5.41, 5.74) is 5.96. The molecule has 0 aromatic carbocycles. The van der Waals surface area contributed by atoms with E-state index in [1.54, 1.807) is 0 Å². The molecule has 18 heavy (non-hydrogen) atoms. The number of piperidine rings is 1. The summed E-state index contributed by atoms with van der Waals surface area (Å²) in [6.45, 7) is 6.29. The van der Waals surface area contributed by atoms with Crippen LogP contribution in [0.4, 0.5) is 0 Å². The van der Waals surface area contributed by atoms with Gasteiger partial charge in [-0.1, -0.05) is 6.92 Å². The monoisotopic (exact) mass is 378 g/mol. The van der Waals surface area contributed by atoms with Gasteiger partial charge >= 0.3 is 0 Å². The fourth-order valence-electron chi connectivity index (χ4n) is 2.83. The van der Waals surface area contributed by atoms with E-state index in [2.05, 4.69) is 50.6 Å². The Morgan fingerprint density at radius 1 is 1.50 bits per heavy atom. The van der Waals surface area contributed by atoms with E-state index in [9.17, 15) is 0 Å². The van der Waals surface area contributed by atoms with Gasteiger partial charge in [-0.2, -0.15) is 0 Å². The van der Waals surface area contributed by atoms with Crippen LogP contribution in [0, 0.1) is 5.92 Å². The van der Waals surface area contributed by atoms with Crippen LogP contribution < -0.4 is 5.73 Å². The highest BCUT2D eigenvalue weighted by molar-refractivity contribution is 9.13. The first-order chi connectivity index (χ1) is 8.52. The van der Waals surface area contributed by atoms with Gasteiger partial charge in [0, 0.05) is 12.6 Å². The van der Waals surface area contributed by atoms with Crippen LogP contribution in [0.2, 0.25) is 0 Å². The van der Waals surface area contributed by atoms with E-state index in [1.807, 2.05) is 6.07 Å². The number of hydrogen-bond donors (Lipinski definition) is 1. The summed E-state index contributed by atoms with van der Waals surface area (Å²) in [7, 11) is 0. The zero-order valence-electron chi connectivity index (χ0n) is 10.8. The van der Waals surface area contributed by atoms with E-state index in [0.717, 1.165) is 27.4 Å². The van der Waals surface area contributed by atoms with Crippen LogP contribution in [0.25, 0.3) is 0 Å². The van der Waals surface area contributed by atoms with Gasteiger partial charge in [0.15, 0.2) is 4.67 Å². The molecule has 0 aliphatic carbocycles. The SMILES string of the molecule is CC1CCN(C(CN)c2cc(Br)c(Br)o2)C(C)C1. The number of nitrogens with zero attached hydrogens (tertiary/aromatic N) is 1. The molecule has 1 aliphatic heterocycles. The highest BCUT2D eigenvalue weighted by Gasteiger charge is 2.31. The van der Waals surface area contributed by atoms with Gasteiger partial charge in [-0.15, -0.1) is 0 Å². The van der Waals surface area contributed by atoms with E-state index < -0.39 is 0 Å². The molecule has 1 fully saturated rings. The number of furan rings is 1. The van der Waals surface area contributed by atoms with Crippen molar-refractivity contribution in [1.82, 2.24) is 4.90 Å². The van der Waals surface area contributed by atoms with Crippen LogP contribution in [0.3, 0.4) is 0 Å². The molecule has 102 valence electrons. The van der Waals surface area contributed by atoms with Gasteiger partial charge in [-0.3, -0.25) is 4.90 Å². The molecule has 1 aromatic rings. The molecule has 5 heteroatoms. The van der Waals surface area contributed by atoms with Crippen LogP contribution in [0.1, 0.15) is 38.5 Å². The van der Waals surface area contributed by atoms with Crippen molar-refractivity contribution in [3.05, 3.63) is 21.0 Å². The highest BCUT2D eigenvalue weighted by atomic mass is 79.9. The first-order valence-electron chi connectivity index (χ1n) is 6.43. The van der Waals surface area contributed by atoms with Gasteiger partial charge < -0.3 is 10.2 Å². The van der Waals surface area contributed by atoms with Crippen molar-refractivity contribution < 1.29 is 4.42 Å². The molecule has 3 unspecified atom stereocenters. The molecule has 0 spiro atoms. The maximum absolute atomic E-state index is 5.96. The van der Waals surface area contributed by atoms with Crippen LogP contribution in [0.15, 0.2) is 19.6 Å². The van der Waals surface area contributed by atoms with Gasteiger partial charge in [-0.25, -0.2) is 0 Å². The van der Waals surface area contributed by atoms with Crippen molar-refractivity contribution in [3.63, 3.8) is 0 Å². The zero-order valence-corrected chi connectivity index (χ0v) is 14.0. The molecule has 0 amide bonds. The highest BCUT2D eigenvalue weighted by Crippen LogP contribution is 2.35. The summed E-state index contributed by atoms with van der Waals surface area (Å²) in [4.78, 5) is 2.47. The second-order valence-corrected chi connectivity index (χ2v) is 6.81. The average Bonchev–Trinajstić information content (AvgIpc) is 2.63. The van der Waals surface area contributed by atoms with Gasteiger partial charge in [0.05, 0.1) is 10.5 Å². The summed E-state index contributed by atoms with van der Waals surface area (Å²) in [6, 6.07) is 2.76. The molecule has 2 heterocycles. The van der Waals surface area contributed by atoms with E-state index >= 15 is 0 Å². The van der Waals surface area contributed by atoms with E-state index in [1.165, 1.54) is 12.8 Å². The third-order valence-corrected chi connectivity index (χ3v) is 5.52. The molecule has 1 saturated heterocycles. The van der Waals surface area contributed by atoms with E-state index in [0.29, 0.717) is 12.6 Å². The van der Waals surface area contributed by atoms with Crippen molar-refractivity contribution in [1.29, 1.82) is 0 Å². The van der Waals surface area contributed by atoms with Crippen molar-refractivity contribution in [2.24, 2.45) is 11.7 Å². The van der Waals surface area contributed by atoms with Gasteiger partial charge in [0.1, 0.15) is 5.76 Å². The minimum atomic E-state index is 0.176. The molecule has 1 aliphatic rings. The Labute approximate surface area is 125 Å². The van der Waals surface area contributed by atoms with Crippen molar-refractivity contribution in [2.75, 3.05) is 13.1 Å². The second-order valence-electron chi connectivity index (χ2n) is 5.24. The number of halogens is 2. The molecular formula is C13H20Br2N2O. The third-order valence-electron chi connectivity index (χ3n) is 3.81. The first-order valence-corrected chi connectivity index (χ1v) is 8.02. The van der Waals surface area contributed by atoms with Gasteiger partial charge in [0.25, 0.3) is 0 Å². The Morgan fingerprint density at radius 3 is 2.72 bits per heavy atom. The Kier molecular flexibility index (Phi) is 4.92. The lowest BCUT2D eigenvalue weighted by molar-refractivity contribution is 0.0738. The van der Waals surface area contributed by atoms with Crippen LogP contribution in [0.5, 0.6) is 0 Å². The number of hydrogen-bond acceptors (Lipinski definition) is 3. The lowest BCUT2D eigenvalue weighted by atomic mass is 9.91. The largest absolute Gasteiger partial charge is 0.451 e. The van der Waals surface area contributed by atoms with Crippen molar-refractivity contribution >= 4 is 31.9 Å². The van der Waals surface area contributed by atoms with Crippen LogP contribution in [-0.4, -0.2) is 24.0 Å². The fraction of sp³-hybridized carbons (Fsp3) is 0.692. The molecule has 0 bridgehead atoms. The van der Waals surface area contributed by atoms with Crippen LogP contribution >= 0.6 is 31.9 Å². The fourth-order valence-corrected chi connectivity index (χ4v) is 3.44. The minimum Gasteiger partial charge on any atom is -0.451 e. The van der Waals surface area contributed by atoms with Crippen molar-refractivity contribution in [2.45, 2.75) is 38.8 Å². The minimum absolute atomic E-state index is 0.176. The molecule has 3 atom stereocenters. The molecule has 3 nitrogen and oxygen atoms in total. The number of likely N-dealkylation sites (tertiary alicyclic amines) is 1. The topological polar surface area (TPSA) is 42.4 Å². The summed E-state index contributed by atoms with van der Waals surface area (Å²) >= 11 is 6.85. The predicted octanol–water partition coefficient (Wildman–Crippen LogP) is 3.92. The Hall–Kier alpha value is 0.160. The molecule has 0 saturated carbocycles. The smallest absolute Gasteiger partial charge is 0.183 e. The first kappa shape index (κ1) is 14.6. The van der Waals surface area contributed by atoms with Gasteiger partial charge in [0.2, 0.25) is 0 Å². The lowest BCUT2D eigenvalue weighted by Crippen LogP contribution is -2.44. The van der Waals surface area contributed by atoms with Gasteiger partial charge in [-0.05, 0) is 70.2 Å². The van der Waals surface area contributed by atoms with E-state index in [-0.39, 0.29) is 6.04 Å². The molecule has 2 N–H and O–H groups in total. The summed E-state index contributed by atoms with van der Waals surface area (Å²) < 4.78 is 7.44. The Bertz CT molecular complexity index is 388. The number of rotatable bonds is 3. The third kappa shape index (κ3) is 3.00. The standard InChI is InChI=1S/C13H20Br2N2O/c1-8-3-4-17(9(2)5-8)11(7-16)12-6-10(14)13(15)18-12/h6,8-9,11H,3-5,7,16H2,1-2H3. The molecule has 1 aromatic heterocycles. The van der Waals surface area contributed by atoms with Crippen LogP contribution in [-0.2, 0) is 0 Å². The number of nitrogens with two attached hydrogens (primary N) is 1. The lowest BCUT2D eigenvalue weighted by Gasteiger charge is -2.40. The predicted molar refractivity (Wildman–Crippen MR) is 80.5 cm³/mol. The molecular weight excluding hydrogens is 360 g/mol. The Balaban J connectivity index is 2.18. The molecule has 2 rings (SSSR count). The summed E-state index contributed by atoms with van der Waals surface area (Å²) in [6.07, 6.45) is 2.48. The zero-order chi connectivity index (χ0) is 13.3. The summed E-state index contributed by atoms with van der Waals surface area (Å²) in [5.74, 6) is 1.75. The van der Waals surface area contributed by atoms with E-state index in [4.69, 9.17) is 10.2 Å². The second kappa shape index (κ2) is 6.07. The quantitative estimate of drug-likeness (QED) is 0.865. The maximum Gasteiger partial charge on any atom is 0.183 e. The van der Waals surface area contributed by atoms with Crippen molar-refractivity contribution in [3.8, 4) is 0 Å². The maximum atomic E-state index is 5.96. The average molecular weight is 380 g/mol. The summed E-state index contributed by atoms with van der Waals surface area (Å²) in [5, 5.41) is 0. The molecule has 0 radical (unpaired) electrons.